The molecule has 30 rings (SSSR count). The molecule has 9 aliphatic rings. The molecule has 9 nitrogen and oxygen atoms in total. The maximum Gasteiger partial charge on any atom is 0.227 e. The molecular formula is C123H99N6O3+3. The molecule has 21 aromatic rings. The van der Waals surface area contributed by atoms with Crippen molar-refractivity contribution >= 4 is 66.2 Å². The number of pyridine rings is 6. The van der Waals surface area contributed by atoms with Gasteiger partial charge < -0.3 is 13.3 Å². The molecule has 0 saturated carbocycles. The van der Waals surface area contributed by atoms with Crippen LogP contribution in [-0.4, -0.2) is 15.0 Å². The zero-order valence-corrected chi connectivity index (χ0v) is 77.1. The van der Waals surface area contributed by atoms with Crippen molar-refractivity contribution in [2.45, 2.75) is 119 Å². The van der Waals surface area contributed by atoms with Gasteiger partial charge in [-0.2, -0.15) is 0 Å². The van der Waals surface area contributed by atoms with E-state index in [9.17, 15) is 0 Å². The summed E-state index contributed by atoms with van der Waals surface area (Å²) in [5.74, 6) is 1.62. The highest BCUT2D eigenvalue weighted by Gasteiger charge is 2.46. The summed E-state index contributed by atoms with van der Waals surface area (Å²) in [7, 11) is 6.39. The predicted molar refractivity (Wildman–Crippen MR) is 532 cm³/mol. The number of furan rings is 3. The molecule has 2 atom stereocenters. The zero-order chi connectivity index (χ0) is 89.6. The van der Waals surface area contributed by atoms with Crippen molar-refractivity contribution in [2.75, 3.05) is 0 Å². The van der Waals surface area contributed by atoms with Crippen molar-refractivity contribution in [1.29, 1.82) is 0 Å². The average molecular weight is 1710 g/mol. The van der Waals surface area contributed by atoms with Gasteiger partial charge in [0.05, 0.1) is 16.7 Å². The fraction of sp³-hybridized carbons (Fsp3) is 0.171. The van der Waals surface area contributed by atoms with Gasteiger partial charge in [0.15, 0.2) is 35.3 Å². The third-order valence-corrected chi connectivity index (χ3v) is 30.4. The molecule has 9 heteroatoms. The molecular weight excluding hydrogens is 1610 g/mol. The summed E-state index contributed by atoms with van der Waals surface area (Å²) in [6.07, 6.45) is 6.63. The van der Waals surface area contributed by atoms with Gasteiger partial charge >= 0.3 is 0 Å². The van der Waals surface area contributed by atoms with Crippen LogP contribution in [0.1, 0.15) is 203 Å². The molecule has 12 aromatic carbocycles. The molecule has 0 fully saturated rings. The van der Waals surface area contributed by atoms with E-state index in [1.54, 1.807) is 0 Å². The fourth-order valence-corrected chi connectivity index (χ4v) is 24.6. The lowest BCUT2D eigenvalue weighted by Gasteiger charge is -2.43. The molecule has 132 heavy (non-hydrogen) atoms. The van der Waals surface area contributed by atoms with Crippen molar-refractivity contribution in [3.8, 4) is 67.2 Å². The second-order valence-corrected chi connectivity index (χ2v) is 38.5. The van der Waals surface area contributed by atoms with Gasteiger partial charge in [0, 0.05) is 121 Å². The Morgan fingerprint density at radius 3 is 1.08 bits per heavy atom. The van der Waals surface area contributed by atoms with Gasteiger partial charge in [0.25, 0.3) is 0 Å². The number of rotatable bonds is 6. The molecule has 0 N–H and O–H groups in total. The summed E-state index contributed by atoms with van der Waals surface area (Å²) in [4.78, 5) is 14.2. The third-order valence-electron chi connectivity index (χ3n) is 30.4. The van der Waals surface area contributed by atoms with E-state index < -0.39 is 0 Å². The van der Waals surface area contributed by atoms with Crippen LogP contribution in [0.15, 0.2) is 305 Å². The fourth-order valence-electron chi connectivity index (χ4n) is 24.6. The Kier molecular flexibility index (Phi) is 17.7. The van der Waals surface area contributed by atoms with E-state index in [1.807, 2.05) is 20.8 Å². The van der Waals surface area contributed by atoms with Crippen molar-refractivity contribution in [3.05, 3.63) is 459 Å². The first-order chi connectivity index (χ1) is 64.1. The predicted octanol–water partition coefficient (Wildman–Crippen LogP) is 28.1. The monoisotopic (exact) mass is 1710 g/mol. The molecule has 0 amide bonds. The maximum atomic E-state index is 6.55. The molecule has 2 unspecified atom stereocenters. The van der Waals surface area contributed by atoms with Gasteiger partial charge in [-0.15, -0.1) is 0 Å². The smallest absolute Gasteiger partial charge is 0.227 e. The first-order valence-electron chi connectivity index (χ1n) is 46.5. The highest BCUT2D eigenvalue weighted by molar-refractivity contribution is 6.13. The van der Waals surface area contributed by atoms with Gasteiger partial charge in [0.2, 0.25) is 34.2 Å². The van der Waals surface area contributed by atoms with Crippen molar-refractivity contribution in [3.63, 3.8) is 0 Å². The molecule has 9 aromatic heterocycles. The molecule has 9 aliphatic carbocycles. The second-order valence-electron chi connectivity index (χ2n) is 38.5. The first-order valence-corrected chi connectivity index (χ1v) is 46.5. The Labute approximate surface area is 768 Å². The highest BCUT2D eigenvalue weighted by atomic mass is 16.3. The molecule has 0 spiro atoms. The van der Waals surface area contributed by atoms with E-state index in [4.69, 9.17) is 28.2 Å². The summed E-state index contributed by atoms with van der Waals surface area (Å²) in [5.41, 5.74) is 59.5. The van der Waals surface area contributed by atoms with Crippen molar-refractivity contribution in [1.82, 2.24) is 15.0 Å². The Hall–Kier alpha value is -15.1. The largest absolute Gasteiger partial charge is 0.437 e. The Morgan fingerprint density at radius 2 is 0.591 bits per heavy atom. The van der Waals surface area contributed by atoms with Crippen LogP contribution in [0.3, 0.4) is 0 Å². The lowest BCUT2D eigenvalue weighted by atomic mass is 9.60. The molecule has 0 aliphatic heterocycles. The lowest BCUT2D eigenvalue weighted by molar-refractivity contribution is -0.660. The average Bonchev–Trinajstić information content (AvgIpc) is 1.25. The van der Waals surface area contributed by atoms with Crippen LogP contribution in [0, 0.1) is 83.1 Å². The van der Waals surface area contributed by atoms with Crippen molar-refractivity contribution in [2.24, 2.45) is 21.1 Å². The van der Waals surface area contributed by atoms with Crippen LogP contribution in [0.5, 0.6) is 0 Å². The number of aromatic nitrogens is 6. The van der Waals surface area contributed by atoms with Crippen LogP contribution in [-0.2, 0) is 21.1 Å². The van der Waals surface area contributed by atoms with E-state index >= 15 is 0 Å². The van der Waals surface area contributed by atoms with Crippen LogP contribution in [0.2, 0.25) is 0 Å². The van der Waals surface area contributed by atoms with Crippen LogP contribution >= 0.6 is 0 Å². The SMILES string of the molecule is Cc1ccc2c(c1)C1c3ccccc3C2c2cc(-c3cc(-c4c(C)ccc5c4oc4nc(C)ccc45)[n+](C)cc3C)cc(C)c21.Cc1ccc2c(n1)oc1c(-c3cc(-c4cc(C)c5c(c4)C4c6ccccc6C5c5ccccc54)cc[n+]3C)c(C)cc(C)c12.Cc1ccc2c(n1)oc1c(-c3cc(-c4ccc5c(c4)C4c6ccccc6C5c5ccccc54)cc[n+]3C)c(C)cc(C)c12. The Bertz CT molecular complexity index is 8570. The number of aryl methyl sites for hydroxylation is 15. The summed E-state index contributed by atoms with van der Waals surface area (Å²) in [6.45, 7) is 26.0. The Morgan fingerprint density at radius 1 is 0.235 bits per heavy atom. The number of nitrogens with zero attached hydrogens (tertiary/aromatic N) is 6. The van der Waals surface area contributed by atoms with Gasteiger partial charge in [-0.25, -0.2) is 28.7 Å². The molecule has 6 bridgehead atoms. The molecule has 0 saturated heterocycles. The minimum absolute atomic E-state index is 0.248. The quantitative estimate of drug-likeness (QED) is 0.154. The van der Waals surface area contributed by atoms with Gasteiger partial charge in [-0.05, 0) is 310 Å². The minimum atomic E-state index is 0.248. The van der Waals surface area contributed by atoms with E-state index in [1.165, 1.54) is 184 Å². The van der Waals surface area contributed by atoms with E-state index in [-0.39, 0.29) is 29.6 Å². The summed E-state index contributed by atoms with van der Waals surface area (Å²) in [5, 5.41) is 6.61. The number of hydrogen-bond donors (Lipinski definition) is 0. The van der Waals surface area contributed by atoms with Crippen molar-refractivity contribution < 1.29 is 27.0 Å². The van der Waals surface area contributed by atoms with Crippen LogP contribution in [0.25, 0.3) is 133 Å². The minimum Gasteiger partial charge on any atom is -0.437 e. The van der Waals surface area contributed by atoms with E-state index in [2.05, 4.69) is 389 Å². The summed E-state index contributed by atoms with van der Waals surface area (Å²) in [6, 6.07) is 102. The van der Waals surface area contributed by atoms with E-state index in [0.29, 0.717) is 23.1 Å². The normalized spacial score (nSPS) is 16.3. The first kappa shape index (κ1) is 79.1. The number of benzene rings is 12. The maximum absolute atomic E-state index is 6.55. The van der Waals surface area contributed by atoms with Crippen LogP contribution in [0.4, 0.5) is 0 Å². The zero-order valence-electron chi connectivity index (χ0n) is 77.1. The third kappa shape index (κ3) is 11.8. The Balaban J connectivity index is 0.000000106. The molecule has 0 radical (unpaired) electrons. The molecule has 9 heterocycles. The lowest BCUT2D eigenvalue weighted by Crippen LogP contribution is -2.31. The van der Waals surface area contributed by atoms with E-state index in [0.717, 1.165) is 99.9 Å². The molecule has 636 valence electrons. The van der Waals surface area contributed by atoms with Crippen LogP contribution < -0.4 is 13.7 Å². The topological polar surface area (TPSA) is 89.7 Å². The van der Waals surface area contributed by atoms with Gasteiger partial charge in [0.1, 0.15) is 21.1 Å². The second kappa shape index (κ2) is 29.5. The van der Waals surface area contributed by atoms with Gasteiger partial charge in [-0.1, -0.05) is 194 Å². The number of hydrogen-bond acceptors (Lipinski definition) is 6. The standard InChI is InChI=1S/C42H35N2O.C41H33N2O.C40H31N2O/c1-22-11-14-30-34(17-22)40-29-10-8-7-9-28(29)39(30)35-19-27(18-24(3)37(35)40)33-20-36(44(6)21-25(33)4)38-23(2)12-15-31-32-16-13-26(5)43-42(32)45-41(31)38;1-22-18-23(2)37(40-36(22)32-15-14-25(4)42-41(32)44-40)34-21-26(16-17-43(34)5)27-19-24(3)35-33(20-27)38-28-10-6-8-12-30(28)39(35)31-13-9-7-11-29(31)38;1-22-19-23(2)36(39-35(22)32-15-13-24(3)41-40(32)43-39)34-21-26(17-18-42(34)4)25-14-16-31-33(20-25)38-29-11-7-5-9-27(29)37(31)28-10-6-8-12-30(28)38/h7-21,39-40H,1-6H3;6-21,38-39H,1-5H3;5-21,37-38H,1-4H3/q3*+1. The summed E-state index contributed by atoms with van der Waals surface area (Å²) < 4.78 is 26.3. The van der Waals surface area contributed by atoms with Gasteiger partial charge in [-0.3, -0.25) is 0 Å². The highest BCUT2D eigenvalue weighted by Crippen LogP contribution is 2.61. The summed E-state index contributed by atoms with van der Waals surface area (Å²) >= 11 is 0. The number of fused-ring (bicyclic) bond motifs is 9.